The highest BCUT2D eigenvalue weighted by molar-refractivity contribution is 5.92. The molecule has 2 aliphatic rings. The van der Waals surface area contributed by atoms with Crippen LogP contribution in [0.5, 0.6) is 0 Å². The number of carbonyl (C=O) groups is 1. The van der Waals surface area contributed by atoms with Crippen LogP contribution in [0.25, 0.3) is 10.8 Å². The minimum absolute atomic E-state index is 0.0887. The maximum absolute atomic E-state index is 12.4. The lowest BCUT2D eigenvalue weighted by Crippen LogP contribution is -2.38. The molecule has 174 valence electrons. The van der Waals surface area contributed by atoms with Crippen molar-refractivity contribution in [2.75, 3.05) is 0 Å². The number of benzene rings is 3. The molecule has 5 rings (SSSR count). The fourth-order valence-electron chi connectivity index (χ4n) is 5.30. The first-order valence-electron chi connectivity index (χ1n) is 12.5. The van der Waals surface area contributed by atoms with Crippen molar-refractivity contribution in [2.24, 2.45) is 5.41 Å². The Morgan fingerprint density at radius 1 is 0.970 bits per heavy atom. The van der Waals surface area contributed by atoms with Crippen LogP contribution in [0.2, 0.25) is 0 Å². The van der Waals surface area contributed by atoms with Crippen molar-refractivity contribution in [3.8, 4) is 0 Å². The first-order valence-corrected chi connectivity index (χ1v) is 12.5. The number of hydrogen-bond donors (Lipinski definition) is 0. The Bertz CT molecular complexity index is 1120. The molecule has 2 nitrogen and oxygen atoms in total. The maximum atomic E-state index is 12.4. The molecule has 33 heavy (non-hydrogen) atoms. The van der Waals surface area contributed by atoms with Gasteiger partial charge in [-0.15, -0.1) is 0 Å². The van der Waals surface area contributed by atoms with Gasteiger partial charge >= 0.3 is 5.97 Å². The van der Waals surface area contributed by atoms with Gasteiger partial charge in [-0.2, -0.15) is 0 Å². The van der Waals surface area contributed by atoms with Crippen molar-refractivity contribution < 1.29 is 9.53 Å². The highest BCUT2D eigenvalue weighted by Crippen LogP contribution is 2.46. The molecule has 0 radical (unpaired) electrons. The molecule has 0 aliphatic heterocycles. The summed E-state index contributed by atoms with van der Waals surface area (Å²) in [6.07, 6.45) is 3.87. The lowest BCUT2D eigenvalue weighted by molar-refractivity contribution is -0.171. The van der Waals surface area contributed by atoms with Gasteiger partial charge < -0.3 is 4.74 Å². The van der Waals surface area contributed by atoms with Crippen LogP contribution in [-0.2, 0) is 21.6 Å². The van der Waals surface area contributed by atoms with Gasteiger partial charge in [-0.25, -0.2) is 0 Å². The van der Waals surface area contributed by atoms with Gasteiger partial charge in [-0.1, -0.05) is 81.4 Å². The zero-order valence-electron chi connectivity index (χ0n) is 21.1. The monoisotopic (exact) mass is 442 g/mol. The second kappa shape index (κ2) is 8.97. The molecule has 0 bridgehead atoms. The molecule has 0 fully saturated rings. The van der Waals surface area contributed by atoms with E-state index in [1.165, 1.54) is 33.0 Å². The molecule has 3 atom stereocenters. The van der Waals surface area contributed by atoms with Crippen LogP contribution in [0, 0.1) is 5.41 Å². The number of esters is 1. The Kier molecular flexibility index (Phi) is 6.40. The highest BCUT2D eigenvalue weighted by Gasteiger charge is 2.39. The standard InChI is InChI=1S/C17H24O2.C14H14/c1-5-16(2,3)15(18)19-17(4)12-8-10-13-9-6-7-11-14(13)17;1-9-10(2)13-8-4-6-11-5-3-7-12(9)14(11)13/h6-7,9,11H,5,8,10,12H2,1-4H3;3-10H,1-2H3. The maximum Gasteiger partial charge on any atom is 0.312 e. The van der Waals surface area contributed by atoms with E-state index >= 15 is 0 Å². The van der Waals surface area contributed by atoms with Crippen molar-refractivity contribution >= 4 is 16.7 Å². The lowest BCUT2D eigenvalue weighted by atomic mass is 9.79. The van der Waals surface area contributed by atoms with Gasteiger partial charge in [0.05, 0.1) is 5.41 Å². The molecule has 0 heterocycles. The van der Waals surface area contributed by atoms with Crippen molar-refractivity contribution in [3.63, 3.8) is 0 Å². The highest BCUT2D eigenvalue weighted by atomic mass is 16.6. The summed E-state index contributed by atoms with van der Waals surface area (Å²) >= 11 is 0. The molecule has 2 heteroatoms. The quantitative estimate of drug-likeness (QED) is 0.381. The lowest BCUT2D eigenvalue weighted by Gasteiger charge is -2.37. The SMILES string of the molecule is CC1c2cccc3cccc(c23)C1C.CCC(C)(C)C(=O)OC1(C)CCCc2ccccc21. The summed E-state index contributed by atoms with van der Waals surface area (Å²) < 4.78 is 5.92. The van der Waals surface area contributed by atoms with E-state index in [0.717, 1.165) is 25.7 Å². The Balaban J connectivity index is 0.000000163. The Morgan fingerprint density at radius 3 is 2.18 bits per heavy atom. The van der Waals surface area contributed by atoms with Crippen LogP contribution >= 0.6 is 0 Å². The van der Waals surface area contributed by atoms with E-state index in [1.54, 1.807) is 0 Å². The van der Waals surface area contributed by atoms with Crippen molar-refractivity contribution in [1.82, 2.24) is 0 Å². The van der Waals surface area contributed by atoms with Crippen LogP contribution in [-0.4, -0.2) is 5.97 Å². The summed E-state index contributed by atoms with van der Waals surface area (Å²) in [4.78, 5) is 12.4. The largest absolute Gasteiger partial charge is 0.454 e. The smallest absolute Gasteiger partial charge is 0.312 e. The first-order chi connectivity index (χ1) is 15.7. The number of fused-ring (bicyclic) bond motifs is 1. The van der Waals surface area contributed by atoms with Crippen LogP contribution in [0.15, 0.2) is 60.7 Å². The van der Waals surface area contributed by atoms with Crippen molar-refractivity contribution in [1.29, 1.82) is 0 Å². The van der Waals surface area contributed by atoms with E-state index in [9.17, 15) is 4.79 Å². The van der Waals surface area contributed by atoms with Gasteiger partial charge in [0.2, 0.25) is 0 Å². The Morgan fingerprint density at radius 2 is 1.58 bits per heavy atom. The van der Waals surface area contributed by atoms with E-state index in [0.29, 0.717) is 11.8 Å². The van der Waals surface area contributed by atoms with Gasteiger partial charge in [0.15, 0.2) is 0 Å². The van der Waals surface area contributed by atoms with Gasteiger partial charge in [0.1, 0.15) is 5.60 Å². The van der Waals surface area contributed by atoms with Crippen molar-refractivity contribution in [2.45, 2.75) is 84.7 Å². The summed E-state index contributed by atoms with van der Waals surface area (Å²) in [7, 11) is 0. The minimum Gasteiger partial charge on any atom is -0.454 e. The summed E-state index contributed by atoms with van der Waals surface area (Å²) in [5.74, 6) is 1.27. The topological polar surface area (TPSA) is 26.3 Å². The average Bonchev–Trinajstić information content (AvgIpc) is 3.07. The third-order valence-corrected chi connectivity index (χ3v) is 8.14. The molecular weight excluding hydrogens is 404 g/mol. The van der Waals surface area contributed by atoms with Gasteiger partial charge in [-0.05, 0) is 91.3 Å². The van der Waals surface area contributed by atoms with E-state index < -0.39 is 11.0 Å². The molecule has 0 saturated carbocycles. The number of carbonyl (C=O) groups excluding carboxylic acids is 1. The third kappa shape index (κ3) is 4.33. The zero-order valence-corrected chi connectivity index (χ0v) is 21.1. The summed E-state index contributed by atoms with van der Waals surface area (Å²) in [6, 6.07) is 21.7. The molecule has 2 aliphatic carbocycles. The van der Waals surface area contributed by atoms with E-state index in [-0.39, 0.29) is 5.97 Å². The van der Waals surface area contributed by atoms with Crippen LogP contribution < -0.4 is 0 Å². The van der Waals surface area contributed by atoms with Gasteiger partial charge in [-0.3, -0.25) is 4.79 Å². The second-order valence-corrected chi connectivity index (χ2v) is 10.7. The number of ether oxygens (including phenoxy) is 1. The molecular formula is C31H38O2. The molecule has 0 saturated heterocycles. The fraction of sp³-hybridized carbons (Fsp3) is 0.452. The van der Waals surface area contributed by atoms with E-state index in [2.05, 4.69) is 75.4 Å². The summed E-state index contributed by atoms with van der Waals surface area (Å²) in [6.45, 7) is 12.6. The second-order valence-electron chi connectivity index (χ2n) is 10.7. The molecule has 0 spiro atoms. The molecule has 3 unspecified atom stereocenters. The van der Waals surface area contributed by atoms with Gasteiger partial charge in [0, 0.05) is 0 Å². The van der Waals surface area contributed by atoms with Crippen LogP contribution in [0.4, 0.5) is 0 Å². The summed E-state index contributed by atoms with van der Waals surface area (Å²) in [5.41, 5.74) is 4.70. The molecule has 0 amide bonds. The molecule has 0 aromatic heterocycles. The predicted octanol–water partition coefficient (Wildman–Crippen LogP) is 8.28. The van der Waals surface area contributed by atoms with Crippen LogP contribution in [0.3, 0.4) is 0 Å². The normalized spacial score (nSPS) is 23.5. The predicted molar refractivity (Wildman–Crippen MR) is 138 cm³/mol. The summed E-state index contributed by atoms with van der Waals surface area (Å²) in [5, 5.41) is 2.91. The van der Waals surface area contributed by atoms with E-state index in [4.69, 9.17) is 4.74 Å². The third-order valence-electron chi connectivity index (χ3n) is 8.14. The minimum atomic E-state index is -0.460. The number of rotatable bonds is 3. The van der Waals surface area contributed by atoms with Crippen LogP contribution in [0.1, 0.15) is 94.9 Å². The Labute approximate surface area is 199 Å². The first kappa shape index (κ1) is 23.5. The Hall–Kier alpha value is -2.61. The number of hydrogen-bond acceptors (Lipinski definition) is 2. The number of aryl methyl sites for hydroxylation is 1. The molecule has 0 N–H and O–H groups in total. The average molecular weight is 443 g/mol. The van der Waals surface area contributed by atoms with Crippen molar-refractivity contribution in [3.05, 3.63) is 82.9 Å². The zero-order chi connectivity index (χ0) is 23.8. The van der Waals surface area contributed by atoms with E-state index in [1.807, 2.05) is 26.8 Å². The fourth-order valence-corrected chi connectivity index (χ4v) is 5.30. The van der Waals surface area contributed by atoms with Gasteiger partial charge in [0.25, 0.3) is 0 Å². The molecule has 3 aromatic rings. The molecule has 3 aromatic carbocycles.